The maximum atomic E-state index is 13.3. The number of methoxy groups -OCH3 is 2. The lowest BCUT2D eigenvalue weighted by atomic mass is 9.90. The number of rotatable bonds is 4. The highest BCUT2D eigenvalue weighted by molar-refractivity contribution is 6.00. The van der Waals surface area contributed by atoms with Crippen molar-refractivity contribution < 1.29 is 14.3 Å². The molecule has 1 amide bonds. The van der Waals surface area contributed by atoms with Crippen LogP contribution < -0.4 is 9.47 Å². The topological polar surface area (TPSA) is 54.6 Å². The van der Waals surface area contributed by atoms with Crippen molar-refractivity contribution in [2.24, 2.45) is 0 Å². The molecule has 0 aliphatic heterocycles. The number of hydrogen-bond acceptors (Lipinski definition) is 3. The maximum Gasteiger partial charge on any atom is 0.261 e. The third-order valence-corrected chi connectivity index (χ3v) is 5.58. The zero-order valence-corrected chi connectivity index (χ0v) is 15.9. The Morgan fingerprint density at radius 1 is 1.07 bits per heavy atom. The summed E-state index contributed by atoms with van der Waals surface area (Å²) in [6.45, 7) is 0. The highest BCUT2D eigenvalue weighted by Crippen LogP contribution is 2.33. The van der Waals surface area contributed by atoms with Crippen LogP contribution in [0, 0.1) is 0 Å². The highest BCUT2D eigenvalue weighted by Gasteiger charge is 2.30. The summed E-state index contributed by atoms with van der Waals surface area (Å²) in [7, 11) is 5.02. The average Bonchev–Trinajstić information content (AvgIpc) is 3.09. The molecule has 27 heavy (non-hydrogen) atoms. The molecule has 0 bridgehead atoms. The van der Waals surface area contributed by atoms with Crippen molar-refractivity contribution in [1.82, 2.24) is 9.88 Å². The van der Waals surface area contributed by atoms with Gasteiger partial charge in [-0.05, 0) is 43.0 Å². The Kier molecular flexibility index (Phi) is 4.52. The van der Waals surface area contributed by atoms with Crippen LogP contribution >= 0.6 is 0 Å². The summed E-state index contributed by atoms with van der Waals surface area (Å²) in [5, 5.41) is 1.26. The van der Waals surface area contributed by atoms with Gasteiger partial charge in [-0.2, -0.15) is 0 Å². The molecule has 2 aromatic carbocycles. The SMILES string of the molecule is COc1cccc(OC)c1C(=O)N(C)C1CCc2[nH]c3ccccc3c2C1. The number of ether oxygens (including phenoxy) is 2. The Morgan fingerprint density at radius 3 is 2.48 bits per heavy atom. The van der Waals surface area contributed by atoms with Crippen LogP contribution in [-0.2, 0) is 12.8 Å². The van der Waals surface area contributed by atoms with E-state index in [2.05, 4.69) is 23.2 Å². The first-order valence-corrected chi connectivity index (χ1v) is 9.20. The van der Waals surface area contributed by atoms with E-state index in [4.69, 9.17) is 9.47 Å². The van der Waals surface area contributed by atoms with Crippen LogP contribution in [0.5, 0.6) is 11.5 Å². The molecule has 1 atom stereocenters. The van der Waals surface area contributed by atoms with Crippen LogP contribution in [0.2, 0.25) is 0 Å². The number of amides is 1. The second kappa shape index (κ2) is 6.99. The quantitative estimate of drug-likeness (QED) is 0.766. The lowest BCUT2D eigenvalue weighted by Crippen LogP contribution is -2.40. The Balaban J connectivity index is 1.64. The predicted molar refractivity (Wildman–Crippen MR) is 106 cm³/mol. The fraction of sp³-hybridized carbons (Fsp3) is 0.318. The van der Waals surface area contributed by atoms with Gasteiger partial charge < -0.3 is 19.4 Å². The molecule has 1 heterocycles. The average molecular weight is 364 g/mol. The van der Waals surface area contributed by atoms with Crippen LogP contribution in [0.1, 0.15) is 28.0 Å². The van der Waals surface area contributed by atoms with E-state index >= 15 is 0 Å². The first kappa shape index (κ1) is 17.5. The number of nitrogens with one attached hydrogen (secondary N) is 1. The van der Waals surface area contributed by atoms with Crippen molar-refractivity contribution in [2.75, 3.05) is 21.3 Å². The van der Waals surface area contributed by atoms with E-state index in [0.717, 1.165) is 19.3 Å². The number of likely N-dealkylation sites (N-methyl/N-ethyl adjacent to an activating group) is 1. The number of carbonyl (C=O) groups is 1. The largest absolute Gasteiger partial charge is 0.496 e. The van der Waals surface area contributed by atoms with Crippen molar-refractivity contribution in [1.29, 1.82) is 0 Å². The third-order valence-electron chi connectivity index (χ3n) is 5.58. The van der Waals surface area contributed by atoms with E-state index in [9.17, 15) is 4.79 Å². The number of H-pyrrole nitrogens is 1. The summed E-state index contributed by atoms with van der Waals surface area (Å²) in [4.78, 5) is 18.6. The van der Waals surface area contributed by atoms with Crippen molar-refractivity contribution in [3.05, 3.63) is 59.3 Å². The van der Waals surface area contributed by atoms with Gasteiger partial charge in [0.15, 0.2) is 0 Å². The Morgan fingerprint density at radius 2 is 1.78 bits per heavy atom. The number of hydrogen-bond donors (Lipinski definition) is 1. The highest BCUT2D eigenvalue weighted by atomic mass is 16.5. The molecule has 0 saturated heterocycles. The van der Waals surface area contributed by atoms with E-state index in [0.29, 0.717) is 17.1 Å². The summed E-state index contributed by atoms with van der Waals surface area (Å²) >= 11 is 0. The van der Waals surface area contributed by atoms with Crippen molar-refractivity contribution in [2.45, 2.75) is 25.3 Å². The van der Waals surface area contributed by atoms with Crippen molar-refractivity contribution in [3.8, 4) is 11.5 Å². The second-order valence-corrected chi connectivity index (χ2v) is 6.98. The molecule has 5 nitrogen and oxygen atoms in total. The van der Waals surface area contributed by atoms with Crippen LogP contribution in [-0.4, -0.2) is 43.1 Å². The van der Waals surface area contributed by atoms with Gasteiger partial charge in [0.25, 0.3) is 5.91 Å². The molecule has 1 unspecified atom stereocenters. The van der Waals surface area contributed by atoms with Crippen molar-refractivity contribution in [3.63, 3.8) is 0 Å². The van der Waals surface area contributed by atoms with Gasteiger partial charge in [0.05, 0.1) is 14.2 Å². The molecule has 140 valence electrons. The molecular weight excluding hydrogens is 340 g/mol. The molecule has 0 fully saturated rings. The minimum atomic E-state index is -0.0717. The molecular formula is C22H24N2O3. The number of aromatic nitrogens is 1. The molecule has 1 aromatic heterocycles. The molecule has 1 N–H and O–H groups in total. The van der Waals surface area contributed by atoms with Crippen LogP contribution in [0.15, 0.2) is 42.5 Å². The summed E-state index contributed by atoms with van der Waals surface area (Å²) < 4.78 is 10.8. The first-order chi connectivity index (χ1) is 13.1. The minimum Gasteiger partial charge on any atom is -0.496 e. The third kappa shape index (κ3) is 2.93. The molecule has 1 aliphatic rings. The van der Waals surface area contributed by atoms with Gasteiger partial charge in [0, 0.05) is 29.7 Å². The van der Waals surface area contributed by atoms with E-state index in [-0.39, 0.29) is 11.9 Å². The molecule has 1 aliphatic carbocycles. The fourth-order valence-electron chi connectivity index (χ4n) is 4.09. The van der Waals surface area contributed by atoms with Gasteiger partial charge in [0.1, 0.15) is 17.1 Å². The van der Waals surface area contributed by atoms with Crippen LogP contribution in [0.4, 0.5) is 0 Å². The second-order valence-electron chi connectivity index (χ2n) is 6.98. The number of carbonyl (C=O) groups excluding carboxylic acids is 1. The Bertz CT molecular complexity index is 970. The van der Waals surface area contributed by atoms with Gasteiger partial charge >= 0.3 is 0 Å². The van der Waals surface area contributed by atoms with E-state index in [1.807, 2.05) is 24.1 Å². The summed E-state index contributed by atoms with van der Waals surface area (Å²) in [6, 6.07) is 13.9. The Labute approximate surface area is 158 Å². The zero-order chi connectivity index (χ0) is 19.0. The smallest absolute Gasteiger partial charge is 0.261 e. The van der Waals surface area contributed by atoms with Gasteiger partial charge in [-0.15, -0.1) is 0 Å². The van der Waals surface area contributed by atoms with Gasteiger partial charge in [-0.3, -0.25) is 4.79 Å². The molecule has 5 heteroatoms. The standard InChI is InChI=1S/C22H24N2O3/c1-24(22(25)21-19(26-2)9-6-10-20(21)27-3)14-11-12-18-16(13-14)15-7-4-5-8-17(15)23-18/h4-10,14,23H,11-13H2,1-3H3. The molecule has 4 rings (SSSR count). The first-order valence-electron chi connectivity index (χ1n) is 9.20. The number of aryl methyl sites for hydroxylation is 1. The lowest BCUT2D eigenvalue weighted by Gasteiger charge is -2.32. The Hall–Kier alpha value is -2.95. The van der Waals surface area contributed by atoms with E-state index in [1.54, 1.807) is 26.4 Å². The number of para-hydroxylation sites is 1. The van der Waals surface area contributed by atoms with Gasteiger partial charge in [-0.25, -0.2) is 0 Å². The normalized spacial score (nSPS) is 16.0. The molecule has 0 saturated carbocycles. The lowest BCUT2D eigenvalue weighted by molar-refractivity contribution is 0.0712. The van der Waals surface area contributed by atoms with Gasteiger partial charge in [0.2, 0.25) is 0 Å². The maximum absolute atomic E-state index is 13.3. The van der Waals surface area contributed by atoms with E-state index in [1.165, 1.54) is 22.2 Å². The zero-order valence-electron chi connectivity index (χ0n) is 15.9. The summed E-state index contributed by atoms with van der Waals surface area (Å²) in [6.07, 6.45) is 2.72. The monoisotopic (exact) mass is 364 g/mol. The van der Waals surface area contributed by atoms with E-state index < -0.39 is 0 Å². The number of fused-ring (bicyclic) bond motifs is 3. The fourth-order valence-corrected chi connectivity index (χ4v) is 4.09. The number of aromatic amines is 1. The summed E-state index contributed by atoms with van der Waals surface area (Å²) in [5.41, 5.74) is 4.27. The van der Waals surface area contributed by atoms with Crippen LogP contribution in [0.25, 0.3) is 10.9 Å². The molecule has 0 radical (unpaired) electrons. The van der Waals surface area contributed by atoms with Crippen molar-refractivity contribution >= 4 is 16.8 Å². The number of benzene rings is 2. The minimum absolute atomic E-state index is 0.0717. The molecule has 3 aromatic rings. The predicted octanol–water partition coefficient (Wildman–Crippen LogP) is 3.81. The molecule has 0 spiro atoms. The van der Waals surface area contributed by atoms with Gasteiger partial charge in [-0.1, -0.05) is 24.3 Å². The number of nitrogens with zero attached hydrogens (tertiary/aromatic N) is 1. The summed E-state index contributed by atoms with van der Waals surface area (Å²) in [5.74, 6) is 1.00. The van der Waals surface area contributed by atoms with Crippen LogP contribution in [0.3, 0.4) is 0 Å².